The molecule has 154 valence electrons. The van der Waals surface area contributed by atoms with Crippen molar-refractivity contribution in [3.8, 4) is 0 Å². The summed E-state index contributed by atoms with van der Waals surface area (Å²) < 4.78 is 1.74. The van der Waals surface area contributed by atoms with Gasteiger partial charge in [-0.3, -0.25) is 14.5 Å². The lowest BCUT2D eigenvalue weighted by Crippen LogP contribution is -2.39. The minimum Gasteiger partial charge on any atom is -0.434 e. The van der Waals surface area contributed by atoms with E-state index in [0.717, 1.165) is 44.6 Å². The van der Waals surface area contributed by atoms with Gasteiger partial charge in [0.2, 0.25) is 13.9 Å². The van der Waals surface area contributed by atoms with Gasteiger partial charge in [-0.25, -0.2) is 0 Å². The second-order valence-corrected chi connectivity index (χ2v) is 8.05. The highest BCUT2D eigenvalue weighted by Crippen LogP contribution is 2.20. The first kappa shape index (κ1) is 21.2. The van der Waals surface area contributed by atoms with E-state index < -0.39 is 0 Å². The molecule has 1 aliphatic heterocycles. The number of aromatic nitrogens is 1. The van der Waals surface area contributed by atoms with E-state index in [4.69, 9.17) is 0 Å². The van der Waals surface area contributed by atoms with Gasteiger partial charge in [0.15, 0.2) is 0 Å². The molecule has 0 unspecified atom stereocenters. The minimum absolute atomic E-state index is 0.0182. The fraction of sp³-hybridized carbons (Fsp3) is 0.455. The molecule has 1 aromatic carbocycles. The number of amides is 1. The molecule has 0 spiro atoms. The summed E-state index contributed by atoms with van der Waals surface area (Å²) in [7, 11) is 5.49. The zero-order valence-corrected chi connectivity index (χ0v) is 17.7. The predicted octanol–water partition coefficient (Wildman–Crippen LogP) is 1.35. The molecule has 1 saturated heterocycles. The van der Waals surface area contributed by atoms with Gasteiger partial charge in [-0.1, -0.05) is 24.3 Å². The Hall–Kier alpha value is -2.54. The van der Waals surface area contributed by atoms with E-state index in [9.17, 15) is 9.59 Å². The molecule has 6 nitrogen and oxygen atoms in total. The Balaban J connectivity index is 1.48. The first-order valence-electron chi connectivity index (χ1n) is 10.4. The van der Waals surface area contributed by atoms with E-state index in [1.54, 1.807) is 15.5 Å². The Bertz CT molecular complexity index is 871. The van der Waals surface area contributed by atoms with Crippen LogP contribution in [-0.2, 0) is 24.3 Å². The number of carbonyl (C=O) groups excluding carboxylic acids is 1. The summed E-state index contributed by atoms with van der Waals surface area (Å²) in [4.78, 5) is 28.3. The molecule has 1 amide bonds. The maximum Gasteiger partial charge on any atom is 0.252 e. The van der Waals surface area contributed by atoms with Crippen molar-refractivity contribution < 1.29 is 4.79 Å². The molecule has 29 heavy (non-hydrogen) atoms. The summed E-state index contributed by atoms with van der Waals surface area (Å²) in [5.41, 5.74) is 3.38. The number of aryl methyl sites for hydroxylation is 2. The zero-order valence-electron chi connectivity index (χ0n) is 17.7. The number of pyridine rings is 1. The van der Waals surface area contributed by atoms with Crippen LogP contribution in [0.1, 0.15) is 24.0 Å². The van der Waals surface area contributed by atoms with Crippen LogP contribution in [0.4, 0.5) is 5.69 Å². The number of nitrogens with one attached hydrogen (secondary N) is 1. The number of nitrogens with zero attached hydrogens (tertiary/aromatic N) is 3. The first-order chi connectivity index (χ1) is 14.0. The number of carbonyl (C=O) groups is 1. The second-order valence-electron chi connectivity index (χ2n) is 8.05. The van der Waals surface area contributed by atoms with Crippen LogP contribution in [-0.4, -0.2) is 55.4 Å². The number of hydrogen-bond donors (Lipinski definition) is 1. The highest BCUT2D eigenvalue weighted by molar-refractivity contribution is 6.15. The molecule has 1 aliphatic rings. The number of benzene rings is 1. The van der Waals surface area contributed by atoms with Gasteiger partial charge < -0.3 is 14.7 Å². The van der Waals surface area contributed by atoms with Crippen LogP contribution in [0.15, 0.2) is 47.4 Å². The monoisotopic (exact) mass is 394 g/mol. The summed E-state index contributed by atoms with van der Waals surface area (Å²) in [5, 5.41) is 2.99. The number of anilines is 1. The topological polar surface area (TPSA) is 57.6 Å². The zero-order chi connectivity index (χ0) is 20.8. The van der Waals surface area contributed by atoms with E-state index >= 15 is 0 Å². The van der Waals surface area contributed by atoms with Crippen LogP contribution in [0.25, 0.3) is 0 Å². The molecule has 0 saturated carbocycles. The SMILES string of the molecule is BNc1ccn(CCc2ccc(CN3CCC(C(=O)N(C)C)CC3)cc2)c(=O)c1. The van der Waals surface area contributed by atoms with E-state index in [2.05, 4.69) is 34.4 Å². The largest absolute Gasteiger partial charge is 0.434 e. The van der Waals surface area contributed by atoms with Crippen molar-refractivity contribution >= 4 is 19.6 Å². The lowest BCUT2D eigenvalue weighted by Gasteiger charge is -2.32. The highest BCUT2D eigenvalue weighted by Gasteiger charge is 2.25. The molecule has 0 atom stereocenters. The van der Waals surface area contributed by atoms with E-state index in [1.807, 2.05) is 34.3 Å². The number of likely N-dealkylation sites (tertiary alicyclic amines) is 1. The minimum atomic E-state index is 0.0182. The molecular weight excluding hydrogens is 363 g/mol. The molecular formula is C22H31BN4O2. The van der Waals surface area contributed by atoms with E-state index in [1.165, 1.54) is 11.1 Å². The molecule has 3 rings (SSSR count). The fourth-order valence-electron chi connectivity index (χ4n) is 3.87. The third-order valence-electron chi connectivity index (χ3n) is 5.73. The molecule has 7 heteroatoms. The Morgan fingerprint density at radius 3 is 2.38 bits per heavy atom. The normalized spacial score (nSPS) is 15.2. The molecule has 2 aromatic rings. The summed E-state index contributed by atoms with van der Waals surface area (Å²) in [6.45, 7) is 3.54. The van der Waals surface area contributed by atoms with Crippen LogP contribution in [0.5, 0.6) is 0 Å². The third-order valence-corrected chi connectivity index (χ3v) is 5.73. The van der Waals surface area contributed by atoms with Crippen molar-refractivity contribution in [3.05, 3.63) is 64.1 Å². The third kappa shape index (κ3) is 5.73. The Morgan fingerprint density at radius 2 is 1.79 bits per heavy atom. The van der Waals surface area contributed by atoms with Gasteiger partial charge in [0.1, 0.15) is 0 Å². The smallest absolute Gasteiger partial charge is 0.252 e. The maximum absolute atomic E-state index is 12.1. The lowest BCUT2D eigenvalue weighted by molar-refractivity contribution is -0.134. The van der Waals surface area contributed by atoms with E-state index in [0.29, 0.717) is 6.54 Å². The molecule has 2 heterocycles. The van der Waals surface area contributed by atoms with Crippen LogP contribution in [0, 0.1) is 5.92 Å². The fourth-order valence-corrected chi connectivity index (χ4v) is 3.87. The summed E-state index contributed by atoms with van der Waals surface area (Å²) in [6, 6.07) is 12.2. The molecule has 1 N–H and O–H groups in total. The molecule has 1 fully saturated rings. The standard InChI is InChI=1S/C22H31BN4O2/c1-25(2)22(29)19-8-11-26(12-9-19)16-18-5-3-17(4-6-18)7-13-27-14-10-20(24-23)15-21(27)28/h3-6,10,14-15,19,24H,7-9,11-13,16,23H2,1-2H3. The number of hydrogen-bond acceptors (Lipinski definition) is 4. The van der Waals surface area contributed by atoms with Gasteiger partial charge in [-0.2, -0.15) is 0 Å². The van der Waals surface area contributed by atoms with Crippen molar-refractivity contribution in [2.45, 2.75) is 32.4 Å². The predicted molar refractivity (Wildman–Crippen MR) is 120 cm³/mol. The maximum atomic E-state index is 12.1. The van der Waals surface area contributed by atoms with Gasteiger partial charge in [0.05, 0.1) is 0 Å². The van der Waals surface area contributed by atoms with Crippen LogP contribution < -0.4 is 10.8 Å². The van der Waals surface area contributed by atoms with E-state index in [-0.39, 0.29) is 17.4 Å². The van der Waals surface area contributed by atoms with Crippen LogP contribution in [0.2, 0.25) is 0 Å². The first-order valence-corrected chi connectivity index (χ1v) is 10.4. The average Bonchev–Trinajstić information content (AvgIpc) is 2.73. The van der Waals surface area contributed by atoms with Gasteiger partial charge in [0.25, 0.3) is 5.56 Å². The Morgan fingerprint density at radius 1 is 1.14 bits per heavy atom. The molecule has 0 bridgehead atoms. The summed E-state index contributed by atoms with van der Waals surface area (Å²) in [5.74, 6) is 0.433. The van der Waals surface area contributed by atoms with Gasteiger partial charge in [-0.05, 0) is 49.5 Å². The van der Waals surface area contributed by atoms with Gasteiger partial charge in [-0.15, -0.1) is 0 Å². The molecule has 0 radical (unpaired) electrons. The van der Waals surface area contributed by atoms with Crippen molar-refractivity contribution in [1.82, 2.24) is 14.4 Å². The summed E-state index contributed by atoms with van der Waals surface area (Å²) >= 11 is 0. The van der Waals surface area contributed by atoms with Gasteiger partial charge in [0, 0.05) is 51.1 Å². The Kier molecular flexibility index (Phi) is 7.15. The molecule has 0 aliphatic carbocycles. The Labute approximate surface area is 173 Å². The van der Waals surface area contributed by atoms with Crippen molar-refractivity contribution in [2.75, 3.05) is 32.4 Å². The molecule has 1 aromatic heterocycles. The van der Waals surface area contributed by atoms with Crippen molar-refractivity contribution in [1.29, 1.82) is 0 Å². The summed E-state index contributed by atoms with van der Waals surface area (Å²) in [6.07, 6.45) is 4.55. The van der Waals surface area contributed by atoms with Crippen LogP contribution >= 0.6 is 0 Å². The van der Waals surface area contributed by atoms with Crippen molar-refractivity contribution in [3.63, 3.8) is 0 Å². The number of piperidine rings is 1. The quantitative estimate of drug-likeness (QED) is 0.721. The van der Waals surface area contributed by atoms with Crippen molar-refractivity contribution in [2.24, 2.45) is 5.92 Å². The highest BCUT2D eigenvalue weighted by atomic mass is 16.2. The number of rotatable bonds is 7. The van der Waals surface area contributed by atoms with Gasteiger partial charge >= 0.3 is 0 Å². The lowest BCUT2D eigenvalue weighted by atomic mass is 9.95. The van der Waals surface area contributed by atoms with Crippen LogP contribution in [0.3, 0.4) is 0 Å². The second kappa shape index (κ2) is 9.79. The average molecular weight is 394 g/mol.